The Balaban J connectivity index is 1.58. The Hall–Kier alpha value is -3.15. The second-order valence-corrected chi connectivity index (χ2v) is 7.09. The van der Waals surface area contributed by atoms with E-state index in [-0.39, 0.29) is 23.4 Å². The minimum atomic E-state index is -2.92. The molecule has 6 heteroatoms. The molecule has 150 valence electrons. The lowest BCUT2D eigenvalue weighted by atomic mass is 10.1. The Bertz CT molecular complexity index is 1030. The van der Waals surface area contributed by atoms with Crippen LogP contribution in [-0.4, -0.2) is 30.6 Å². The molecule has 1 fully saturated rings. The molecule has 29 heavy (non-hydrogen) atoms. The molecule has 0 N–H and O–H groups in total. The highest BCUT2D eigenvalue weighted by Gasteiger charge is 2.33. The predicted molar refractivity (Wildman–Crippen MR) is 106 cm³/mol. The van der Waals surface area contributed by atoms with Crippen molar-refractivity contribution in [3.63, 3.8) is 0 Å². The molecule has 0 aromatic heterocycles. The highest BCUT2D eigenvalue weighted by atomic mass is 19.3. The summed E-state index contributed by atoms with van der Waals surface area (Å²) in [4.78, 5) is 15.1. The number of alkyl halides is 2. The Morgan fingerprint density at radius 1 is 1.03 bits per heavy atom. The largest absolute Gasteiger partial charge is 0.493 e. The van der Waals surface area contributed by atoms with Gasteiger partial charge in [0.05, 0.1) is 7.11 Å². The third-order valence-corrected chi connectivity index (χ3v) is 5.04. The van der Waals surface area contributed by atoms with Crippen LogP contribution in [-0.2, 0) is 6.54 Å². The van der Waals surface area contributed by atoms with Gasteiger partial charge in [0.2, 0.25) is 0 Å². The molecule has 4 rings (SSSR count). The molecule has 1 aliphatic rings. The summed E-state index contributed by atoms with van der Waals surface area (Å²) >= 11 is 0. The van der Waals surface area contributed by atoms with E-state index < -0.39 is 6.61 Å². The van der Waals surface area contributed by atoms with Crippen molar-refractivity contribution in [2.45, 2.75) is 32.0 Å². The quantitative estimate of drug-likeness (QED) is 0.546. The maximum Gasteiger partial charge on any atom is 0.387 e. The van der Waals surface area contributed by atoms with Crippen molar-refractivity contribution in [2.75, 3.05) is 7.11 Å². The van der Waals surface area contributed by atoms with E-state index in [1.54, 1.807) is 12.1 Å². The number of fused-ring (bicyclic) bond motifs is 1. The van der Waals surface area contributed by atoms with E-state index in [4.69, 9.17) is 4.74 Å². The van der Waals surface area contributed by atoms with E-state index in [2.05, 4.69) is 4.74 Å². The molecule has 0 spiro atoms. The zero-order valence-electron chi connectivity index (χ0n) is 16.0. The van der Waals surface area contributed by atoms with Gasteiger partial charge in [-0.05, 0) is 53.4 Å². The average Bonchev–Trinajstić information content (AvgIpc) is 3.57. The van der Waals surface area contributed by atoms with Gasteiger partial charge in [0.1, 0.15) is 0 Å². The first-order valence-electron chi connectivity index (χ1n) is 9.46. The summed E-state index contributed by atoms with van der Waals surface area (Å²) in [5, 5.41) is 2.10. The van der Waals surface area contributed by atoms with Crippen molar-refractivity contribution >= 4 is 16.7 Å². The van der Waals surface area contributed by atoms with Crippen molar-refractivity contribution in [3.05, 3.63) is 71.8 Å². The maximum atomic E-state index is 13.2. The van der Waals surface area contributed by atoms with Crippen LogP contribution in [0.1, 0.15) is 28.8 Å². The molecule has 0 atom stereocenters. The molecule has 1 saturated carbocycles. The molecular formula is C23H21F2NO3. The van der Waals surface area contributed by atoms with Crippen LogP contribution in [0.5, 0.6) is 11.5 Å². The number of rotatable bonds is 7. The zero-order chi connectivity index (χ0) is 20.4. The third-order valence-electron chi connectivity index (χ3n) is 5.04. The lowest BCUT2D eigenvalue weighted by Crippen LogP contribution is -2.32. The first kappa shape index (κ1) is 19.2. The summed E-state index contributed by atoms with van der Waals surface area (Å²) in [7, 11) is 1.40. The van der Waals surface area contributed by atoms with Gasteiger partial charge in [-0.25, -0.2) is 0 Å². The highest BCUT2D eigenvalue weighted by Crippen LogP contribution is 2.33. The number of ether oxygens (including phenoxy) is 2. The molecule has 1 amide bonds. The first-order valence-corrected chi connectivity index (χ1v) is 9.46. The Kier molecular flexibility index (Phi) is 5.34. The standard InChI is InChI=1S/C23H21F2NO3/c1-28-21-12-15(6-11-20(21)29-23(24)25)14-26(19-9-10-19)22(27)18-8-7-16-4-2-3-5-17(16)13-18/h2-8,11-13,19,23H,9-10,14H2,1H3. The van der Waals surface area contributed by atoms with Crippen LogP contribution in [0.2, 0.25) is 0 Å². The summed E-state index contributed by atoms with van der Waals surface area (Å²) in [6, 6.07) is 18.6. The number of nitrogens with zero attached hydrogens (tertiary/aromatic N) is 1. The molecule has 0 saturated heterocycles. The first-order chi connectivity index (χ1) is 14.0. The molecular weight excluding hydrogens is 376 g/mol. The summed E-state index contributed by atoms with van der Waals surface area (Å²) in [5.74, 6) is 0.159. The van der Waals surface area contributed by atoms with E-state index in [1.165, 1.54) is 13.2 Å². The molecule has 4 nitrogen and oxygen atoms in total. The SMILES string of the molecule is COc1cc(CN(C(=O)c2ccc3ccccc3c2)C2CC2)ccc1OC(F)F. The van der Waals surface area contributed by atoms with Gasteiger partial charge in [-0.2, -0.15) is 8.78 Å². The minimum absolute atomic E-state index is 0.0231. The monoisotopic (exact) mass is 397 g/mol. The lowest BCUT2D eigenvalue weighted by molar-refractivity contribution is -0.0512. The maximum absolute atomic E-state index is 13.2. The molecule has 3 aromatic rings. The topological polar surface area (TPSA) is 38.8 Å². The van der Waals surface area contributed by atoms with Crippen LogP contribution in [0.25, 0.3) is 10.8 Å². The third kappa shape index (κ3) is 4.31. The van der Waals surface area contributed by atoms with E-state index in [0.717, 1.165) is 29.2 Å². The average molecular weight is 397 g/mol. The number of hydrogen-bond acceptors (Lipinski definition) is 3. The van der Waals surface area contributed by atoms with Gasteiger partial charge in [-0.1, -0.05) is 36.4 Å². The molecule has 1 aliphatic carbocycles. The number of carbonyl (C=O) groups excluding carboxylic acids is 1. The number of carbonyl (C=O) groups is 1. The Morgan fingerprint density at radius 3 is 2.48 bits per heavy atom. The van der Waals surface area contributed by atoms with Gasteiger partial charge >= 0.3 is 6.61 Å². The van der Waals surface area contributed by atoms with Crippen molar-refractivity contribution in [3.8, 4) is 11.5 Å². The van der Waals surface area contributed by atoms with Gasteiger partial charge in [0, 0.05) is 18.2 Å². The fraction of sp³-hybridized carbons (Fsp3) is 0.261. The van der Waals surface area contributed by atoms with Crippen molar-refractivity contribution < 1.29 is 23.0 Å². The van der Waals surface area contributed by atoms with Gasteiger partial charge in [0.15, 0.2) is 11.5 Å². The molecule has 0 heterocycles. The van der Waals surface area contributed by atoms with Crippen LogP contribution in [0.3, 0.4) is 0 Å². The van der Waals surface area contributed by atoms with E-state index in [1.807, 2.05) is 47.4 Å². The smallest absolute Gasteiger partial charge is 0.387 e. The van der Waals surface area contributed by atoms with E-state index >= 15 is 0 Å². The number of halogens is 2. The van der Waals surface area contributed by atoms with Crippen LogP contribution in [0.4, 0.5) is 8.78 Å². The molecule has 3 aromatic carbocycles. The second kappa shape index (κ2) is 8.07. The normalized spacial score (nSPS) is 13.5. The van der Waals surface area contributed by atoms with E-state index in [9.17, 15) is 13.6 Å². The summed E-state index contributed by atoms with van der Waals surface area (Å²) in [6.07, 6.45) is 1.92. The number of amides is 1. The number of methoxy groups -OCH3 is 1. The Labute approximate surface area is 167 Å². The minimum Gasteiger partial charge on any atom is -0.493 e. The Morgan fingerprint density at radius 2 is 1.79 bits per heavy atom. The number of hydrogen-bond donors (Lipinski definition) is 0. The molecule has 0 bridgehead atoms. The zero-order valence-corrected chi connectivity index (χ0v) is 16.0. The molecule has 0 unspecified atom stereocenters. The molecule has 0 radical (unpaired) electrons. The van der Waals surface area contributed by atoms with E-state index in [0.29, 0.717) is 12.1 Å². The van der Waals surface area contributed by atoms with Gasteiger partial charge < -0.3 is 14.4 Å². The second-order valence-electron chi connectivity index (χ2n) is 7.09. The fourth-order valence-electron chi connectivity index (χ4n) is 3.44. The van der Waals surface area contributed by atoms with Crippen molar-refractivity contribution in [1.82, 2.24) is 4.90 Å². The van der Waals surface area contributed by atoms with Gasteiger partial charge in [-0.15, -0.1) is 0 Å². The van der Waals surface area contributed by atoms with Gasteiger partial charge in [0.25, 0.3) is 5.91 Å². The summed E-state index contributed by atoms with van der Waals surface area (Å²) < 4.78 is 34.7. The van der Waals surface area contributed by atoms with Crippen LogP contribution in [0.15, 0.2) is 60.7 Å². The van der Waals surface area contributed by atoms with Gasteiger partial charge in [-0.3, -0.25) is 4.79 Å². The fourth-order valence-corrected chi connectivity index (χ4v) is 3.44. The van der Waals surface area contributed by atoms with Crippen LogP contribution in [0, 0.1) is 0 Å². The van der Waals surface area contributed by atoms with Crippen molar-refractivity contribution in [1.29, 1.82) is 0 Å². The lowest BCUT2D eigenvalue weighted by Gasteiger charge is -2.23. The summed E-state index contributed by atoms with van der Waals surface area (Å²) in [5.41, 5.74) is 1.43. The van der Waals surface area contributed by atoms with Crippen LogP contribution < -0.4 is 9.47 Å². The van der Waals surface area contributed by atoms with Crippen LogP contribution >= 0.6 is 0 Å². The predicted octanol–water partition coefficient (Wildman–Crippen LogP) is 5.25. The molecule has 0 aliphatic heterocycles. The summed E-state index contributed by atoms with van der Waals surface area (Å²) in [6.45, 7) is -2.55. The highest BCUT2D eigenvalue weighted by molar-refractivity contribution is 5.98. The number of benzene rings is 3. The van der Waals surface area contributed by atoms with Crippen molar-refractivity contribution in [2.24, 2.45) is 0 Å².